The standard InChI is InChI=1S/C19H20N2O3/c1-24-15-7-4-5-13(11-15)9-10-20-19(23)17-12-14-6-2-3-8-16(14)18(22)21-17/h2-8,11,17H,9-10,12H2,1H3,(H,20,23)(H,21,22)/t17-/m1/s1. The van der Waals surface area contributed by atoms with Crippen LogP contribution in [-0.2, 0) is 17.6 Å². The zero-order chi connectivity index (χ0) is 16.9. The van der Waals surface area contributed by atoms with Crippen molar-refractivity contribution in [3.05, 3.63) is 65.2 Å². The fraction of sp³-hybridized carbons (Fsp3) is 0.263. The fourth-order valence-electron chi connectivity index (χ4n) is 2.87. The Kier molecular flexibility index (Phi) is 4.79. The highest BCUT2D eigenvalue weighted by Crippen LogP contribution is 2.16. The van der Waals surface area contributed by atoms with E-state index in [-0.39, 0.29) is 11.8 Å². The molecule has 0 bridgehead atoms. The van der Waals surface area contributed by atoms with E-state index < -0.39 is 6.04 Å². The molecular formula is C19H20N2O3. The summed E-state index contributed by atoms with van der Waals surface area (Å²) in [6.07, 6.45) is 1.23. The number of methoxy groups -OCH3 is 1. The monoisotopic (exact) mass is 324 g/mol. The summed E-state index contributed by atoms with van der Waals surface area (Å²) in [5, 5.41) is 5.66. The summed E-state index contributed by atoms with van der Waals surface area (Å²) in [7, 11) is 1.63. The molecule has 1 aliphatic rings. The summed E-state index contributed by atoms with van der Waals surface area (Å²) in [6.45, 7) is 0.514. The van der Waals surface area contributed by atoms with Gasteiger partial charge in [0.25, 0.3) is 5.91 Å². The van der Waals surface area contributed by atoms with E-state index in [0.29, 0.717) is 24.9 Å². The molecule has 0 radical (unpaired) electrons. The van der Waals surface area contributed by atoms with Crippen LogP contribution in [0.2, 0.25) is 0 Å². The third-order valence-corrected chi connectivity index (χ3v) is 4.15. The van der Waals surface area contributed by atoms with E-state index in [4.69, 9.17) is 4.74 Å². The average molecular weight is 324 g/mol. The molecule has 0 spiro atoms. The van der Waals surface area contributed by atoms with E-state index in [1.54, 1.807) is 13.2 Å². The lowest BCUT2D eigenvalue weighted by atomic mass is 9.95. The molecule has 2 aromatic rings. The van der Waals surface area contributed by atoms with E-state index in [9.17, 15) is 9.59 Å². The van der Waals surface area contributed by atoms with Crippen LogP contribution in [0.15, 0.2) is 48.5 Å². The molecule has 124 valence electrons. The van der Waals surface area contributed by atoms with Crippen molar-refractivity contribution in [3.63, 3.8) is 0 Å². The van der Waals surface area contributed by atoms with E-state index in [0.717, 1.165) is 16.9 Å². The van der Waals surface area contributed by atoms with Crippen LogP contribution in [0.4, 0.5) is 0 Å². The SMILES string of the molecule is COc1cccc(CCNC(=O)[C@H]2Cc3ccccc3C(=O)N2)c1. The van der Waals surface area contributed by atoms with Crippen molar-refractivity contribution >= 4 is 11.8 Å². The van der Waals surface area contributed by atoms with E-state index >= 15 is 0 Å². The van der Waals surface area contributed by atoms with Crippen LogP contribution in [0.3, 0.4) is 0 Å². The molecule has 1 heterocycles. The minimum absolute atomic E-state index is 0.152. The first-order valence-corrected chi connectivity index (χ1v) is 7.97. The minimum atomic E-state index is -0.516. The quantitative estimate of drug-likeness (QED) is 0.880. The summed E-state index contributed by atoms with van der Waals surface area (Å²) < 4.78 is 5.19. The smallest absolute Gasteiger partial charge is 0.252 e. The fourth-order valence-corrected chi connectivity index (χ4v) is 2.87. The molecule has 5 nitrogen and oxygen atoms in total. The summed E-state index contributed by atoms with van der Waals surface area (Å²) in [5.74, 6) is 0.459. The second-order valence-electron chi connectivity index (χ2n) is 5.78. The largest absolute Gasteiger partial charge is 0.497 e. The Morgan fingerprint density at radius 3 is 2.92 bits per heavy atom. The number of benzene rings is 2. The number of nitrogens with one attached hydrogen (secondary N) is 2. The molecule has 2 N–H and O–H groups in total. The van der Waals surface area contributed by atoms with Crippen molar-refractivity contribution in [1.82, 2.24) is 10.6 Å². The van der Waals surface area contributed by atoms with Gasteiger partial charge in [-0.2, -0.15) is 0 Å². The third kappa shape index (κ3) is 3.56. The van der Waals surface area contributed by atoms with Gasteiger partial charge in [0.2, 0.25) is 5.91 Å². The lowest BCUT2D eigenvalue weighted by molar-refractivity contribution is -0.123. The van der Waals surface area contributed by atoms with Gasteiger partial charge in [0, 0.05) is 18.5 Å². The Labute approximate surface area is 141 Å². The molecule has 5 heteroatoms. The first kappa shape index (κ1) is 16.1. The molecule has 2 aromatic carbocycles. The van der Waals surface area contributed by atoms with Crippen LogP contribution in [0.5, 0.6) is 5.75 Å². The number of fused-ring (bicyclic) bond motifs is 1. The van der Waals surface area contributed by atoms with Crippen LogP contribution >= 0.6 is 0 Å². The summed E-state index contributed by atoms with van der Waals surface area (Å²) in [6, 6.07) is 14.6. The van der Waals surface area contributed by atoms with Gasteiger partial charge in [-0.25, -0.2) is 0 Å². The Morgan fingerprint density at radius 1 is 1.25 bits per heavy atom. The zero-order valence-corrected chi connectivity index (χ0v) is 13.5. The van der Waals surface area contributed by atoms with Gasteiger partial charge in [-0.15, -0.1) is 0 Å². The Morgan fingerprint density at radius 2 is 2.08 bits per heavy atom. The van der Waals surface area contributed by atoms with Gasteiger partial charge in [-0.05, 0) is 35.7 Å². The lowest BCUT2D eigenvalue weighted by Crippen LogP contribution is -2.51. The molecular weight excluding hydrogens is 304 g/mol. The van der Waals surface area contributed by atoms with Gasteiger partial charge >= 0.3 is 0 Å². The molecule has 1 aliphatic heterocycles. The maximum Gasteiger partial charge on any atom is 0.252 e. The topological polar surface area (TPSA) is 67.4 Å². The Bertz CT molecular complexity index is 758. The minimum Gasteiger partial charge on any atom is -0.497 e. The predicted octanol–water partition coefficient (Wildman–Crippen LogP) is 1.71. The summed E-state index contributed by atoms with van der Waals surface area (Å²) in [5.41, 5.74) is 2.65. The van der Waals surface area contributed by atoms with E-state index in [1.165, 1.54) is 0 Å². The zero-order valence-electron chi connectivity index (χ0n) is 13.5. The average Bonchev–Trinajstić information content (AvgIpc) is 2.62. The number of rotatable bonds is 5. The number of amides is 2. The summed E-state index contributed by atoms with van der Waals surface area (Å²) in [4.78, 5) is 24.4. The van der Waals surface area contributed by atoms with Gasteiger partial charge in [-0.1, -0.05) is 30.3 Å². The first-order chi connectivity index (χ1) is 11.7. The van der Waals surface area contributed by atoms with Gasteiger partial charge < -0.3 is 15.4 Å². The summed E-state index contributed by atoms with van der Waals surface area (Å²) >= 11 is 0. The number of hydrogen-bond donors (Lipinski definition) is 2. The molecule has 24 heavy (non-hydrogen) atoms. The second-order valence-corrected chi connectivity index (χ2v) is 5.78. The van der Waals surface area contributed by atoms with Crippen molar-refractivity contribution in [2.24, 2.45) is 0 Å². The Hall–Kier alpha value is -2.82. The molecule has 3 rings (SSSR count). The number of carbonyl (C=O) groups excluding carboxylic acids is 2. The van der Waals surface area contributed by atoms with Crippen molar-refractivity contribution in [1.29, 1.82) is 0 Å². The van der Waals surface area contributed by atoms with Crippen LogP contribution in [-0.4, -0.2) is 31.5 Å². The molecule has 0 unspecified atom stereocenters. The molecule has 2 amide bonds. The number of carbonyl (C=O) groups is 2. The van der Waals surface area contributed by atoms with Crippen LogP contribution in [0, 0.1) is 0 Å². The van der Waals surface area contributed by atoms with Crippen LogP contribution in [0.1, 0.15) is 21.5 Å². The van der Waals surface area contributed by atoms with E-state index in [2.05, 4.69) is 10.6 Å². The molecule has 0 aliphatic carbocycles. The normalized spacial score (nSPS) is 16.0. The Balaban J connectivity index is 1.55. The number of ether oxygens (including phenoxy) is 1. The van der Waals surface area contributed by atoms with Crippen LogP contribution < -0.4 is 15.4 Å². The lowest BCUT2D eigenvalue weighted by Gasteiger charge is -2.24. The van der Waals surface area contributed by atoms with Crippen molar-refractivity contribution in [2.45, 2.75) is 18.9 Å². The highest BCUT2D eigenvalue weighted by molar-refractivity contribution is 6.00. The number of hydrogen-bond acceptors (Lipinski definition) is 3. The maximum absolute atomic E-state index is 12.3. The van der Waals surface area contributed by atoms with Crippen molar-refractivity contribution < 1.29 is 14.3 Å². The second kappa shape index (κ2) is 7.17. The predicted molar refractivity (Wildman–Crippen MR) is 91.1 cm³/mol. The molecule has 0 aromatic heterocycles. The van der Waals surface area contributed by atoms with Gasteiger partial charge in [0.15, 0.2) is 0 Å². The molecule has 0 fully saturated rings. The molecule has 1 atom stereocenters. The molecule has 0 saturated heterocycles. The van der Waals surface area contributed by atoms with E-state index in [1.807, 2.05) is 42.5 Å². The van der Waals surface area contributed by atoms with Crippen molar-refractivity contribution in [2.75, 3.05) is 13.7 Å². The van der Waals surface area contributed by atoms with Gasteiger partial charge in [0.1, 0.15) is 11.8 Å². The highest BCUT2D eigenvalue weighted by atomic mass is 16.5. The first-order valence-electron chi connectivity index (χ1n) is 7.97. The van der Waals surface area contributed by atoms with Crippen molar-refractivity contribution in [3.8, 4) is 5.75 Å². The third-order valence-electron chi connectivity index (χ3n) is 4.15. The van der Waals surface area contributed by atoms with Crippen LogP contribution in [0.25, 0.3) is 0 Å². The highest BCUT2D eigenvalue weighted by Gasteiger charge is 2.28. The molecule has 0 saturated carbocycles. The maximum atomic E-state index is 12.3. The van der Waals surface area contributed by atoms with Gasteiger partial charge in [0.05, 0.1) is 7.11 Å². The van der Waals surface area contributed by atoms with Gasteiger partial charge in [-0.3, -0.25) is 9.59 Å².